The highest BCUT2D eigenvalue weighted by molar-refractivity contribution is 5.32. The molecule has 0 aliphatic heterocycles. The second kappa shape index (κ2) is 6.80. The maximum atomic E-state index is 3.65. The molecule has 2 atom stereocenters. The summed E-state index contributed by atoms with van der Waals surface area (Å²) in [5.41, 5.74) is 4.25. The quantitative estimate of drug-likeness (QED) is 0.777. The summed E-state index contributed by atoms with van der Waals surface area (Å²) in [5.74, 6) is 0.589. The van der Waals surface area contributed by atoms with Crippen LogP contribution in [0.4, 0.5) is 0 Å². The van der Waals surface area contributed by atoms with Crippen LogP contribution in [0.5, 0.6) is 0 Å². The Morgan fingerprint density at radius 3 is 2.35 bits per heavy atom. The summed E-state index contributed by atoms with van der Waals surface area (Å²) in [6.07, 6.45) is 2.39. The lowest BCUT2D eigenvalue weighted by Gasteiger charge is -2.25. The number of nitrogens with one attached hydrogen (secondary N) is 1. The lowest BCUT2D eigenvalue weighted by atomic mass is 9.90. The monoisotopic (exact) mass is 233 g/mol. The third kappa shape index (κ3) is 3.85. The Bertz CT molecular complexity index is 343. The maximum Gasteiger partial charge on any atom is 0.0130 e. The van der Waals surface area contributed by atoms with Crippen molar-refractivity contribution < 1.29 is 0 Å². The van der Waals surface area contributed by atoms with E-state index < -0.39 is 0 Å². The van der Waals surface area contributed by atoms with Crippen LogP contribution in [0, 0.1) is 13.8 Å². The van der Waals surface area contributed by atoms with Crippen LogP contribution in [0.2, 0.25) is 0 Å². The molecule has 1 heteroatoms. The van der Waals surface area contributed by atoms with E-state index in [1.165, 1.54) is 29.5 Å². The first kappa shape index (κ1) is 14.2. The van der Waals surface area contributed by atoms with Crippen LogP contribution < -0.4 is 5.32 Å². The Hall–Kier alpha value is -0.820. The third-order valence-electron chi connectivity index (χ3n) is 3.76. The molecule has 0 aliphatic carbocycles. The van der Waals surface area contributed by atoms with Crippen LogP contribution in [0.25, 0.3) is 0 Å². The van der Waals surface area contributed by atoms with Crippen molar-refractivity contribution >= 4 is 0 Å². The standard InChI is InChI=1S/C16H27N/c1-6-10-17-16(7-2)14(5)15-9-8-12(3)13(4)11-15/h8-9,11,14,16-17H,6-7,10H2,1-5H3. The zero-order chi connectivity index (χ0) is 12.8. The van der Waals surface area contributed by atoms with Gasteiger partial charge in [0.25, 0.3) is 0 Å². The van der Waals surface area contributed by atoms with E-state index in [1.807, 2.05) is 0 Å². The van der Waals surface area contributed by atoms with Crippen LogP contribution >= 0.6 is 0 Å². The van der Waals surface area contributed by atoms with Crippen molar-refractivity contribution in [1.82, 2.24) is 5.32 Å². The summed E-state index contributed by atoms with van der Waals surface area (Å²) < 4.78 is 0. The second-order valence-electron chi connectivity index (χ2n) is 5.10. The fourth-order valence-electron chi connectivity index (χ4n) is 2.28. The van der Waals surface area contributed by atoms with E-state index in [9.17, 15) is 0 Å². The molecule has 0 saturated heterocycles. The minimum atomic E-state index is 0.589. The number of hydrogen-bond acceptors (Lipinski definition) is 1. The zero-order valence-corrected chi connectivity index (χ0v) is 12.0. The molecular weight excluding hydrogens is 206 g/mol. The highest BCUT2D eigenvalue weighted by Crippen LogP contribution is 2.23. The molecule has 0 saturated carbocycles. The summed E-state index contributed by atoms with van der Waals surface area (Å²) in [5, 5.41) is 3.65. The smallest absolute Gasteiger partial charge is 0.0130 e. The molecule has 17 heavy (non-hydrogen) atoms. The van der Waals surface area contributed by atoms with Gasteiger partial charge in [-0.3, -0.25) is 0 Å². The topological polar surface area (TPSA) is 12.0 Å². The molecule has 0 radical (unpaired) electrons. The van der Waals surface area contributed by atoms with Gasteiger partial charge in [-0.15, -0.1) is 0 Å². The molecule has 0 fully saturated rings. The normalized spacial score (nSPS) is 14.6. The van der Waals surface area contributed by atoms with Gasteiger partial charge in [-0.25, -0.2) is 0 Å². The van der Waals surface area contributed by atoms with Crippen molar-refractivity contribution in [2.75, 3.05) is 6.54 Å². The molecule has 96 valence electrons. The molecular formula is C16H27N. The predicted molar refractivity (Wildman–Crippen MR) is 76.7 cm³/mol. The minimum Gasteiger partial charge on any atom is -0.313 e. The summed E-state index contributed by atoms with van der Waals surface area (Å²) in [6.45, 7) is 12.3. The maximum absolute atomic E-state index is 3.65. The van der Waals surface area contributed by atoms with Crippen molar-refractivity contribution in [1.29, 1.82) is 0 Å². The molecule has 1 nitrogen and oxygen atoms in total. The van der Waals surface area contributed by atoms with E-state index in [0.29, 0.717) is 12.0 Å². The van der Waals surface area contributed by atoms with Crippen LogP contribution in [-0.4, -0.2) is 12.6 Å². The average Bonchev–Trinajstić information content (AvgIpc) is 2.33. The van der Waals surface area contributed by atoms with Crippen LogP contribution in [0.1, 0.15) is 56.2 Å². The summed E-state index contributed by atoms with van der Waals surface area (Å²) in [7, 11) is 0. The van der Waals surface area contributed by atoms with Crippen molar-refractivity contribution in [2.45, 2.75) is 59.4 Å². The third-order valence-corrected chi connectivity index (χ3v) is 3.76. The van der Waals surface area contributed by atoms with Crippen molar-refractivity contribution in [3.63, 3.8) is 0 Å². The Labute approximate surface area is 107 Å². The molecule has 0 bridgehead atoms. The first-order valence-electron chi connectivity index (χ1n) is 6.90. The Morgan fingerprint density at radius 2 is 1.82 bits per heavy atom. The van der Waals surface area contributed by atoms with Gasteiger partial charge in [0, 0.05) is 6.04 Å². The molecule has 2 unspecified atom stereocenters. The first-order chi connectivity index (χ1) is 8.10. The summed E-state index contributed by atoms with van der Waals surface area (Å²) >= 11 is 0. The van der Waals surface area contributed by atoms with Crippen LogP contribution in [0.3, 0.4) is 0 Å². The SMILES string of the molecule is CCCNC(CC)C(C)c1ccc(C)c(C)c1. The van der Waals surface area contributed by atoms with Gasteiger partial charge in [0.05, 0.1) is 0 Å². The Morgan fingerprint density at radius 1 is 1.12 bits per heavy atom. The van der Waals surface area contributed by atoms with Crippen molar-refractivity contribution in [2.24, 2.45) is 0 Å². The highest BCUT2D eigenvalue weighted by Gasteiger charge is 2.16. The van der Waals surface area contributed by atoms with E-state index in [-0.39, 0.29) is 0 Å². The second-order valence-corrected chi connectivity index (χ2v) is 5.10. The van der Waals surface area contributed by atoms with Crippen molar-refractivity contribution in [3.8, 4) is 0 Å². The van der Waals surface area contributed by atoms with E-state index in [1.54, 1.807) is 0 Å². The lowest BCUT2D eigenvalue weighted by molar-refractivity contribution is 0.438. The number of rotatable bonds is 6. The molecule has 1 aromatic rings. The zero-order valence-electron chi connectivity index (χ0n) is 12.0. The van der Waals surface area contributed by atoms with E-state index >= 15 is 0 Å². The molecule has 0 aromatic heterocycles. The number of aryl methyl sites for hydroxylation is 2. The minimum absolute atomic E-state index is 0.589. The molecule has 1 rings (SSSR count). The van der Waals surface area contributed by atoms with Crippen molar-refractivity contribution in [3.05, 3.63) is 34.9 Å². The Balaban J connectivity index is 2.78. The van der Waals surface area contributed by atoms with Gasteiger partial charge in [0.2, 0.25) is 0 Å². The molecule has 0 spiro atoms. The van der Waals surface area contributed by atoms with Gasteiger partial charge in [-0.1, -0.05) is 39.0 Å². The summed E-state index contributed by atoms with van der Waals surface area (Å²) in [4.78, 5) is 0. The molecule has 1 N–H and O–H groups in total. The predicted octanol–water partition coefficient (Wildman–Crippen LogP) is 4.19. The van der Waals surface area contributed by atoms with E-state index in [2.05, 4.69) is 58.1 Å². The fourth-order valence-corrected chi connectivity index (χ4v) is 2.28. The van der Waals surface area contributed by atoms with Gasteiger partial charge in [-0.05, 0) is 55.8 Å². The fraction of sp³-hybridized carbons (Fsp3) is 0.625. The molecule has 0 amide bonds. The number of hydrogen-bond donors (Lipinski definition) is 1. The lowest BCUT2D eigenvalue weighted by Crippen LogP contribution is -2.33. The number of benzene rings is 1. The first-order valence-corrected chi connectivity index (χ1v) is 6.90. The largest absolute Gasteiger partial charge is 0.313 e. The highest BCUT2D eigenvalue weighted by atomic mass is 14.9. The molecule has 0 aliphatic rings. The molecule has 1 aromatic carbocycles. The van der Waals surface area contributed by atoms with Gasteiger partial charge in [0.1, 0.15) is 0 Å². The van der Waals surface area contributed by atoms with Gasteiger partial charge in [0.15, 0.2) is 0 Å². The van der Waals surface area contributed by atoms with E-state index in [0.717, 1.165) is 6.54 Å². The average molecular weight is 233 g/mol. The van der Waals surface area contributed by atoms with Gasteiger partial charge in [-0.2, -0.15) is 0 Å². The van der Waals surface area contributed by atoms with Crippen LogP contribution in [-0.2, 0) is 0 Å². The van der Waals surface area contributed by atoms with Crippen LogP contribution in [0.15, 0.2) is 18.2 Å². The summed E-state index contributed by atoms with van der Waals surface area (Å²) in [6, 6.07) is 7.46. The Kier molecular flexibility index (Phi) is 5.70. The van der Waals surface area contributed by atoms with E-state index in [4.69, 9.17) is 0 Å². The van der Waals surface area contributed by atoms with Gasteiger partial charge >= 0.3 is 0 Å². The van der Waals surface area contributed by atoms with Gasteiger partial charge < -0.3 is 5.32 Å². The molecule has 0 heterocycles.